The quantitative estimate of drug-likeness (QED) is 0.479. The van der Waals surface area contributed by atoms with Gasteiger partial charge in [-0.3, -0.25) is 4.79 Å². The lowest BCUT2D eigenvalue weighted by Gasteiger charge is -2.46. The van der Waals surface area contributed by atoms with Crippen molar-refractivity contribution in [1.29, 1.82) is 0 Å². The van der Waals surface area contributed by atoms with Crippen molar-refractivity contribution in [3.8, 4) is 5.75 Å². The summed E-state index contributed by atoms with van der Waals surface area (Å²) in [6.45, 7) is 1.72. The van der Waals surface area contributed by atoms with E-state index in [4.69, 9.17) is 9.84 Å². The van der Waals surface area contributed by atoms with Gasteiger partial charge in [0.25, 0.3) is 0 Å². The van der Waals surface area contributed by atoms with Crippen LogP contribution in [0.3, 0.4) is 0 Å². The summed E-state index contributed by atoms with van der Waals surface area (Å²) in [7, 11) is 0. The highest BCUT2D eigenvalue weighted by Crippen LogP contribution is 2.53. The minimum Gasteiger partial charge on any atom is -0.482 e. The number of carboxylic acid groups (broad SMARTS) is 1. The molecule has 0 bridgehead atoms. The normalized spacial score (nSPS) is 24.4. The van der Waals surface area contributed by atoms with E-state index >= 15 is 0 Å². The molecule has 182 valence electrons. The fraction of sp³-hybridized carbons (Fsp3) is 0.500. The summed E-state index contributed by atoms with van der Waals surface area (Å²) >= 11 is 0. The molecule has 2 fully saturated rings. The molecule has 2 aromatic rings. The molecule has 0 radical (unpaired) electrons. The number of rotatable bonds is 10. The van der Waals surface area contributed by atoms with Crippen molar-refractivity contribution in [1.82, 2.24) is 0 Å². The molecule has 2 aliphatic rings. The van der Waals surface area contributed by atoms with Gasteiger partial charge in [0.1, 0.15) is 11.5 Å². The van der Waals surface area contributed by atoms with Gasteiger partial charge in [-0.2, -0.15) is 0 Å². The Morgan fingerprint density at radius 2 is 1.94 bits per heavy atom. The number of carbonyl (C=O) groups excluding carboxylic acids is 1. The summed E-state index contributed by atoms with van der Waals surface area (Å²) in [5.41, 5.74) is 2.53. The number of hydrogen-bond donors (Lipinski definition) is 3. The van der Waals surface area contributed by atoms with Crippen LogP contribution in [0.5, 0.6) is 5.75 Å². The van der Waals surface area contributed by atoms with Crippen LogP contribution in [0.4, 0.5) is 0 Å². The van der Waals surface area contributed by atoms with Gasteiger partial charge in [0.2, 0.25) is 0 Å². The Balaban J connectivity index is 1.56. The van der Waals surface area contributed by atoms with Gasteiger partial charge in [-0.25, -0.2) is 4.79 Å². The molecule has 0 amide bonds. The highest BCUT2D eigenvalue weighted by molar-refractivity contribution is 5.85. The molecule has 0 saturated heterocycles. The molecule has 6 nitrogen and oxygen atoms in total. The van der Waals surface area contributed by atoms with Crippen molar-refractivity contribution in [3.63, 3.8) is 0 Å². The number of carboxylic acids is 1. The second-order valence-electron chi connectivity index (χ2n) is 9.94. The Bertz CT molecular complexity index is 1030. The number of ether oxygens (including phenoxy) is 1. The highest BCUT2D eigenvalue weighted by atomic mass is 16.5. The first-order valence-corrected chi connectivity index (χ1v) is 12.3. The predicted molar refractivity (Wildman–Crippen MR) is 128 cm³/mol. The largest absolute Gasteiger partial charge is 0.482 e. The average Bonchev–Trinajstić information content (AvgIpc) is 3.07. The Kier molecular flexibility index (Phi) is 7.39. The number of hydrogen-bond acceptors (Lipinski definition) is 5. The van der Waals surface area contributed by atoms with E-state index in [0.717, 1.165) is 48.8 Å². The zero-order chi connectivity index (χ0) is 24.3. The fourth-order valence-electron chi connectivity index (χ4n) is 5.89. The summed E-state index contributed by atoms with van der Waals surface area (Å²) in [5, 5.41) is 30.9. The van der Waals surface area contributed by atoms with Gasteiger partial charge in [0.15, 0.2) is 6.61 Å². The zero-order valence-electron chi connectivity index (χ0n) is 19.7. The Morgan fingerprint density at radius 1 is 1.18 bits per heavy atom. The molecule has 0 aromatic heterocycles. The van der Waals surface area contributed by atoms with Gasteiger partial charge < -0.3 is 20.1 Å². The van der Waals surface area contributed by atoms with Crippen LogP contribution in [0.15, 0.2) is 48.5 Å². The molecule has 2 aromatic carbocycles. The van der Waals surface area contributed by atoms with Gasteiger partial charge in [0.05, 0.1) is 12.2 Å². The smallest absolute Gasteiger partial charge is 0.341 e. The second kappa shape index (κ2) is 10.3. The standard InChI is InChI=1S/C28H34O6/c1-2-10-28(11-5-12-28)27(33)20-8-4-7-19(15-20)26-22(23(29)16-24(26)30)14-18-6-3-9-21(13-18)34-17-25(31)32/h3-4,6-9,13,15,22,24,26-27,30,33H,2,5,10-12,14,16-17H2,1H3,(H,31,32). The first-order chi connectivity index (χ1) is 16.3. The van der Waals surface area contributed by atoms with Crippen molar-refractivity contribution >= 4 is 11.8 Å². The van der Waals surface area contributed by atoms with Crippen molar-refractivity contribution in [2.45, 2.75) is 70.0 Å². The van der Waals surface area contributed by atoms with E-state index in [1.807, 2.05) is 30.3 Å². The fourth-order valence-corrected chi connectivity index (χ4v) is 5.89. The molecule has 0 aliphatic heterocycles. The van der Waals surface area contributed by atoms with Crippen LogP contribution >= 0.6 is 0 Å². The molecule has 0 spiro atoms. The Morgan fingerprint density at radius 3 is 2.62 bits per heavy atom. The number of ketones is 1. The number of benzene rings is 2. The van der Waals surface area contributed by atoms with Crippen LogP contribution in [-0.2, 0) is 16.0 Å². The SMILES string of the molecule is CCCC1(C(O)c2cccc(C3C(O)CC(=O)C3Cc3cccc(OCC(=O)O)c3)c2)CCC1. The van der Waals surface area contributed by atoms with Crippen molar-refractivity contribution < 1.29 is 29.6 Å². The lowest BCUT2D eigenvalue weighted by Crippen LogP contribution is -2.36. The lowest BCUT2D eigenvalue weighted by atomic mass is 9.61. The summed E-state index contributed by atoms with van der Waals surface area (Å²) in [5.74, 6) is -1.35. The molecule has 34 heavy (non-hydrogen) atoms. The molecule has 4 atom stereocenters. The highest BCUT2D eigenvalue weighted by Gasteiger charge is 2.45. The number of aliphatic carboxylic acids is 1. The van der Waals surface area contributed by atoms with E-state index in [1.54, 1.807) is 18.2 Å². The molecule has 2 aliphatic carbocycles. The first-order valence-electron chi connectivity index (χ1n) is 12.3. The number of aliphatic hydroxyl groups is 2. The summed E-state index contributed by atoms with van der Waals surface area (Å²) < 4.78 is 5.28. The molecular formula is C28H34O6. The van der Waals surface area contributed by atoms with Gasteiger partial charge in [0, 0.05) is 23.7 Å². The van der Waals surface area contributed by atoms with Gasteiger partial charge in [-0.15, -0.1) is 0 Å². The van der Waals surface area contributed by atoms with E-state index < -0.39 is 30.7 Å². The zero-order valence-corrected chi connectivity index (χ0v) is 19.7. The molecule has 4 rings (SSSR count). The molecule has 0 heterocycles. The molecular weight excluding hydrogens is 432 g/mol. The molecule has 2 saturated carbocycles. The summed E-state index contributed by atoms with van der Waals surface area (Å²) in [4.78, 5) is 23.7. The van der Waals surface area contributed by atoms with E-state index in [2.05, 4.69) is 6.92 Å². The molecule has 6 heteroatoms. The maximum absolute atomic E-state index is 12.9. The predicted octanol–water partition coefficient (Wildman–Crippen LogP) is 4.43. The minimum atomic E-state index is -1.05. The first kappa shape index (κ1) is 24.4. The number of Topliss-reactive ketones (excluding diaryl/α,β-unsaturated/α-hetero) is 1. The van der Waals surface area contributed by atoms with E-state index in [-0.39, 0.29) is 23.5 Å². The monoisotopic (exact) mass is 466 g/mol. The Hall–Kier alpha value is -2.70. The van der Waals surface area contributed by atoms with E-state index in [1.165, 1.54) is 0 Å². The van der Waals surface area contributed by atoms with Crippen LogP contribution in [0.25, 0.3) is 0 Å². The van der Waals surface area contributed by atoms with E-state index in [9.17, 15) is 19.8 Å². The van der Waals surface area contributed by atoms with Crippen molar-refractivity contribution in [2.24, 2.45) is 11.3 Å². The maximum Gasteiger partial charge on any atom is 0.341 e. The maximum atomic E-state index is 12.9. The molecule has 3 N–H and O–H groups in total. The lowest BCUT2D eigenvalue weighted by molar-refractivity contribution is -0.139. The van der Waals surface area contributed by atoms with Gasteiger partial charge in [-0.05, 0) is 54.5 Å². The third-order valence-electron chi connectivity index (χ3n) is 7.68. The van der Waals surface area contributed by atoms with Crippen molar-refractivity contribution in [3.05, 3.63) is 65.2 Å². The van der Waals surface area contributed by atoms with Crippen LogP contribution in [-0.4, -0.2) is 39.8 Å². The number of carbonyl (C=O) groups is 2. The third-order valence-corrected chi connectivity index (χ3v) is 7.68. The second-order valence-corrected chi connectivity index (χ2v) is 9.94. The average molecular weight is 467 g/mol. The van der Waals surface area contributed by atoms with Gasteiger partial charge in [-0.1, -0.05) is 56.2 Å². The van der Waals surface area contributed by atoms with Crippen LogP contribution in [0.2, 0.25) is 0 Å². The van der Waals surface area contributed by atoms with Gasteiger partial charge >= 0.3 is 5.97 Å². The molecule has 4 unspecified atom stereocenters. The topological polar surface area (TPSA) is 104 Å². The summed E-state index contributed by atoms with van der Waals surface area (Å²) in [6, 6.07) is 14.9. The van der Waals surface area contributed by atoms with E-state index in [0.29, 0.717) is 12.2 Å². The summed E-state index contributed by atoms with van der Waals surface area (Å²) in [6.07, 6.45) is 4.44. The van der Waals surface area contributed by atoms with Crippen LogP contribution in [0.1, 0.15) is 74.2 Å². The third kappa shape index (κ3) is 5.03. The van der Waals surface area contributed by atoms with Crippen molar-refractivity contribution in [2.75, 3.05) is 6.61 Å². The van der Waals surface area contributed by atoms with Crippen LogP contribution < -0.4 is 4.74 Å². The minimum absolute atomic E-state index is 0.0155. The van der Waals surface area contributed by atoms with Crippen LogP contribution in [0, 0.1) is 11.3 Å². The Labute approximate surface area is 200 Å². The number of aliphatic hydroxyl groups excluding tert-OH is 2.